The van der Waals surface area contributed by atoms with Crippen molar-refractivity contribution in [2.45, 2.75) is 45.4 Å². The summed E-state index contributed by atoms with van der Waals surface area (Å²) in [5.41, 5.74) is 1.94. The van der Waals surface area contributed by atoms with Crippen LogP contribution in [0.1, 0.15) is 61.7 Å². The molecule has 0 atom stereocenters. The second-order valence-corrected chi connectivity index (χ2v) is 7.87. The molecule has 2 heterocycles. The van der Waals surface area contributed by atoms with Crippen molar-refractivity contribution in [1.82, 2.24) is 15.0 Å². The van der Waals surface area contributed by atoms with Crippen LogP contribution in [0.4, 0.5) is 11.6 Å². The Labute approximate surface area is 173 Å². The standard InChI is InChI=1S/C22H33N5O2/c1-5-7-14-26(6-2)19-10-8-18(9-11-19)21(28)27-15-12-17(13-16-27)20-23-22(24-29-20)25(3)4/h8-11,17H,5-7,12-16H2,1-4H3. The van der Waals surface area contributed by atoms with Crippen LogP contribution in [0.2, 0.25) is 0 Å². The lowest BCUT2D eigenvalue weighted by Gasteiger charge is -2.30. The van der Waals surface area contributed by atoms with Gasteiger partial charge in [0.05, 0.1) is 0 Å². The fraction of sp³-hybridized carbons (Fsp3) is 0.591. The third kappa shape index (κ3) is 5.08. The molecule has 1 saturated heterocycles. The summed E-state index contributed by atoms with van der Waals surface area (Å²) in [5, 5.41) is 4.00. The Hall–Kier alpha value is -2.57. The Bertz CT molecular complexity index is 779. The second kappa shape index (κ2) is 9.76. The lowest BCUT2D eigenvalue weighted by molar-refractivity contribution is 0.0704. The predicted octanol–water partition coefficient (Wildman–Crippen LogP) is 3.78. The molecule has 7 heteroatoms. The molecule has 158 valence electrons. The van der Waals surface area contributed by atoms with E-state index in [0.717, 1.165) is 31.5 Å². The molecule has 0 saturated carbocycles. The first-order valence-electron chi connectivity index (χ1n) is 10.7. The highest BCUT2D eigenvalue weighted by Crippen LogP contribution is 2.28. The number of amides is 1. The van der Waals surface area contributed by atoms with E-state index in [1.165, 1.54) is 18.5 Å². The summed E-state index contributed by atoms with van der Waals surface area (Å²) in [6.07, 6.45) is 4.06. The summed E-state index contributed by atoms with van der Waals surface area (Å²) in [4.78, 5) is 23.5. The maximum atomic E-state index is 12.9. The van der Waals surface area contributed by atoms with Crippen LogP contribution in [0.3, 0.4) is 0 Å². The highest BCUT2D eigenvalue weighted by Gasteiger charge is 2.28. The summed E-state index contributed by atoms with van der Waals surface area (Å²) in [6.45, 7) is 7.83. The van der Waals surface area contributed by atoms with E-state index in [1.807, 2.05) is 36.0 Å². The first-order chi connectivity index (χ1) is 14.0. The summed E-state index contributed by atoms with van der Waals surface area (Å²) in [7, 11) is 3.79. The maximum Gasteiger partial charge on any atom is 0.265 e. The lowest BCUT2D eigenvalue weighted by Crippen LogP contribution is -2.38. The fourth-order valence-corrected chi connectivity index (χ4v) is 3.72. The summed E-state index contributed by atoms with van der Waals surface area (Å²) >= 11 is 0. The van der Waals surface area contributed by atoms with Crippen molar-refractivity contribution in [3.05, 3.63) is 35.7 Å². The molecule has 1 aliphatic heterocycles. The van der Waals surface area contributed by atoms with Crippen LogP contribution in [0.5, 0.6) is 0 Å². The third-order valence-electron chi connectivity index (χ3n) is 5.61. The number of hydrogen-bond acceptors (Lipinski definition) is 6. The number of nitrogens with zero attached hydrogens (tertiary/aromatic N) is 5. The monoisotopic (exact) mass is 399 g/mol. The first-order valence-corrected chi connectivity index (χ1v) is 10.7. The zero-order valence-electron chi connectivity index (χ0n) is 18.1. The number of piperidine rings is 1. The Morgan fingerprint density at radius 3 is 2.41 bits per heavy atom. The molecule has 1 fully saturated rings. The molecule has 7 nitrogen and oxygen atoms in total. The number of carbonyl (C=O) groups is 1. The van der Waals surface area contributed by atoms with Gasteiger partial charge in [-0.25, -0.2) is 0 Å². The molecule has 1 aliphatic rings. The third-order valence-corrected chi connectivity index (χ3v) is 5.61. The van der Waals surface area contributed by atoms with Gasteiger partial charge >= 0.3 is 0 Å². The average molecular weight is 400 g/mol. The fourth-order valence-electron chi connectivity index (χ4n) is 3.72. The zero-order valence-corrected chi connectivity index (χ0v) is 18.1. The number of likely N-dealkylation sites (tertiary alicyclic amines) is 1. The minimum atomic E-state index is 0.103. The van der Waals surface area contributed by atoms with Crippen LogP contribution in [0.25, 0.3) is 0 Å². The zero-order chi connectivity index (χ0) is 20.8. The van der Waals surface area contributed by atoms with Crippen LogP contribution >= 0.6 is 0 Å². The molecule has 0 bridgehead atoms. The van der Waals surface area contributed by atoms with E-state index in [9.17, 15) is 4.79 Å². The Morgan fingerprint density at radius 2 is 1.86 bits per heavy atom. The van der Waals surface area contributed by atoms with Gasteiger partial charge in [0.2, 0.25) is 5.89 Å². The lowest BCUT2D eigenvalue weighted by atomic mass is 9.96. The molecule has 0 unspecified atom stereocenters. The van der Waals surface area contributed by atoms with Gasteiger partial charge in [-0.2, -0.15) is 4.98 Å². The van der Waals surface area contributed by atoms with Gasteiger partial charge in [-0.05, 0) is 55.6 Å². The molecule has 0 N–H and O–H groups in total. The Morgan fingerprint density at radius 1 is 1.17 bits per heavy atom. The van der Waals surface area contributed by atoms with Crippen molar-refractivity contribution in [1.29, 1.82) is 0 Å². The van der Waals surface area contributed by atoms with Gasteiger partial charge in [-0.15, -0.1) is 0 Å². The van der Waals surface area contributed by atoms with Crippen molar-refractivity contribution in [3.63, 3.8) is 0 Å². The molecule has 2 aromatic rings. The molecule has 0 spiro atoms. The number of carbonyl (C=O) groups excluding carboxylic acids is 1. The van der Waals surface area contributed by atoms with Crippen molar-refractivity contribution >= 4 is 17.5 Å². The van der Waals surface area contributed by atoms with Gasteiger partial charge in [-0.1, -0.05) is 13.3 Å². The number of anilines is 2. The number of unbranched alkanes of at least 4 members (excludes halogenated alkanes) is 1. The molecule has 1 aromatic heterocycles. The highest BCUT2D eigenvalue weighted by atomic mass is 16.5. The minimum Gasteiger partial charge on any atom is -0.372 e. The first kappa shape index (κ1) is 21.1. The largest absolute Gasteiger partial charge is 0.372 e. The van der Waals surface area contributed by atoms with Gasteiger partial charge < -0.3 is 19.2 Å². The van der Waals surface area contributed by atoms with Crippen LogP contribution in [-0.4, -0.2) is 61.2 Å². The number of aromatic nitrogens is 2. The van der Waals surface area contributed by atoms with Gasteiger partial charge in [0.25, 0.3) is 11.9 Å². The Balaban J connectivity index is 1.57. The second-order valence-electron chi connectivity index (χ2n) is 7.87. The molecule has 1 amide bonds. The molecular formula is C22H33N5O2. The van der Waals surface area contributed by atoms with E-state index >= 15 is 0 Å². The number of rotatable bonds is 8. The van der Waals surface area contributed by atoms with Crippen LogP contribution in [-0.2, 0) is 0 Å². The van der Waals surface area contributed by atoms with E-state index < -0.39 is 0 Å². The van der Waals surface area contributed by atoms with E-state index in [1.54, 1.807) is 0 Å². The molecule has 29 heavy (non-hydrogen) atoms. The van der Waals surface area contributed by atoms with Gasteiger partial charge in [0.1, 0.15) is 0 Å². The predicted molar refractivity (Wildman–Crippen MR) is 116 cm³/mol. The van der Waals surface area contributed by atoms with Crippen LogP contribution < -0.4 is 9.80 Å². The molecule has 3 rings (SSSR count). The van der Waals surface area contributed by atoms with E-state index in [0.29, 0.717) is 24.9 Å². The smallest absolute Gasteiger partial charge is 0.265 e. The van der Waals surface area contributed by atoms with Crippen molar-refractivity contribution in [3.8, 4) is 0 Å². The van der Waals surface area contributed by atoms with Crippen LogP contribution in [0.15, 0.2) is 28.8 Å². The van der Waals surface area contributed by atoms with Gasteiger partial charge in [-0.3, -0.25) is 4.79 Å². The molecule has 0 aliphatic carbocycles. The number of benzene rings is 1. The van der Waals surface area contributed by atoms with E-state index in [-0.39, 0.29) is 11.8 Å². The molecular weight excluding hydrogens is 366 g/mol. The molecule has 0 radical (unpaired) electrons. The normalized spacial score (nSPS) is 14.8. The minimum absolute atomic E-state index is 0.103. The average Bonchev–Trinajstić information content (AvgIpc) is 3.25. The Kier molecular flexibility index (Phi) is 7.12. The highest BCUT2D eigenvalue weighted by molar-refractivity contribution is 5.94. The topological polar surface area (TPSA) is 65.7 Å². The van der Waals surface area contributed by atoms with Gasteiger partial charge in [0.15, 0.2) is 0 Å². The summed E-state index contributed by atoms with van der Waals surface area (Å²) in [5.74, 6) is 1.60. The summed E-state index contributed by atoms with van der Waals surface area (Å²) < 4.78 is 5.41. The van der Waals surface area contributed by atoms with Crippen LogP contribution in [0, 0.1) is 0 Å². The summed E-state index contributed by atoms with van der Waals surface area (Å²) in [6, 6.07) is 8.06. The van der Waals surface area contributed by atoms with Crippen molar-refractivity contribution in [2.75, 3.05) is 50.1 Å². The SMILES string of the molecule is CCCCN(CC)c1ccc(C(=O)N2CCC(c3nc(N(C)C)no3)CC2)cc1. The number of hydrogen-bond donors (Lipinski definition) is 0. The van der Waals surface area contributed by atoms with Crippen molar-refractivity contribution < 1.29 is 9.32 Å². The quantitative estimate of drug-likeness (QED) is 0.673. The van der Waals surface area contributed by atoms with E-state index in [4.69, 9.17) is 4.52 Å². The van der Waals surface area contributed by atoms with E-state index in [2.05, 4.69) is 41.0 Å². The maximum absolute atomic E-state index is 12.9. The van der Waals surface area contributed by atoms with Crippen molar-refractivity contribution in [2.24, 2.45) is 0 Å². The molecule has 1 aromatic carbocycles. The van der Waals surface area contributed by atoms with Gasteiger partial charge in [0, 0.05) is 57.4 Å².